The molecule has 1 aromatic rings. The van der Waals surface area contributed by atoms with Crippen molar-refractivity contribution in [2.75, 3.05) is 21.9 Å². The second-order valence-corrected chi connectivity index (χ2v) is 5.36. The molecule has 1 amide bonds. The monoisotopic (exact) mass is 320 g/mol. The number of thiol groups is 1. The molecule has 1 aromatic carbocycles. The summed E-state index contributed by atoms with van der Waals surface area (Å²) in [4.78, 5) is 11.7. The molecular formula is C11H13N2O2S2V-. The first kappa shape index (κ1) is 15.6. The molecule has 4 nitrogen and oxygen atoms in total. The van der Waals surface area contributed by atoms with Crippen LogP contribution in [0.3, 0.4) is 0 Å². The van der Waals surface area contributed by atoms with Gasteiger partial charge in [0.25, 0.3) is 0 Å². The Morgan fingerprint density at radius 3 is 2.72 bits per heavy atom. The van der Waals surface area contributed by atoms with Crippen LogP contribution in [0.15, 0.2) is 18.2 Å². The van der Waals surface area contributed by atoms with E-state index in [1.165, 1.54) is 4.31 Å². The van der Waals surface area contributed by atoms with Gasteiger partial charge in [0.15, 0.2) is 0 Å². The summed E-state index contributed by atoms with van der Waals surface area (Å²) in [5.74, 6) is 0.425. The van der Waals surface area contributed by atoms with Crippen LogP contribution < -0.4 is 9.62 Å². The molecule has 0 bridgehead atoms. The van der Waals surface area contributed by atoms with Crippen molar-refractivity contribution < 1.29 is 27.6 Å². The Bertz CT molecular complexity index is 480. The second kappa shape index (κ2) is 6.15. The smallest absolute Gasteiger partial charge is 0.239 e. The van der Waals surface area contributed by atoms with Crippen LogP contribution in [0, 0.1) is 0 Å². The van der Waals surface area contributed by atoms with E-state index in [0.29, 0.717) is 12.2 Å². The van der Waals surface area contributed by atoms with Crippen molar-refractivity contribution in [3.8, 4) is 0 Å². The van der Waals surface area contributed by atoms with Crippen molar-refractivity contribution in [2.24, 2.45) is 0 Å². The summed E-state index contributed by atoms with van der Waals surface area (Å²) < 4.78 is 13.2. The zero-order valence-corrected chi connectivity index (χ0v) is 12.7. The first-order valence-electron chi connectivity index (χ1n) is 5.34. The first-order valence-corrected chi connectivity index (χ1v) is 6.62. The number of carbonyl (C=O) groups excluding carboxylic acids is 1. The quantitative estimate of drug-likeness (QED) is 0.614. The number of fused-ring (bicyclic) bond motifs is 1. The number of hydrogen-bond donors (Lipinski definition) is 1. The van der Waals surface area contributed by atoms with Crippen LogP contribution in [0.4, 0.5) is 11.4 Å². The van der Waals surface area contributed by atoms with E-state index in [-0.39, 0.29) is 38.0 Å². The van der Waals surface area contributed by atoms with E-state index in [0.717, 1.165) is 29.9 Å². The Morgan fingerprint density at radius 1 is 1.28 bits per heavy atom. The minimum absolute atomic E-state index is 0. The fourth-order valence-electron chi connectivity index (χ4n) is 2.24. The molecule has 1 radical (unpaired) electrons. The third-order valence-corrected chi connectivity index (χ3v) is 4.34. The Balaban J connectivity index is 0.000000810. The molecule has 2 aliphatic heterocycles. The molecular weight excluding hydrogens is 307 g/mol. The van der Waals surface area contributed by atoms with Gasteiger partial charge >= 0.3 is 0 Å². The minimum atomic E-state index is -1.18. The summed E-state index contributed by atoms with van der Waals surface area (Å²) >= 11 is 0. The number of carbonyl (C=O) groups is 1. The van der Waals surface area contributed by atoms with Crippen LogP contribution in [0.5, 0.6) is 0 Å². The van der Waals surface area contributed by atoms with Crippen LogP contribution in [0.25, 0.3) is 0 Å². The van der Waals surface area contributed by atoms with Gasteiger partial charge in [0.2, 0.25) is 5.91 Å². The van der Waals surface area contributed by atoms with Crippen molar-refractivity contribution in [1.82, 2.24) is 0 Å². The molecule has 97 valence electrons. The fraction of sp³-hybridized carbons (Fsp3) is 0.364. The van der Waals surface area contributed by atoms with Crippen LogP contribution in [0.2, 0.25) is 0 Å². The van der Waals surface area contributed by atoms with Gasteiger partial charge in [0.1, 0.15) is 11.0 Å². The zero-order chi connectivity index (χ0) is 11.1. The van der Waals surface area contributed by atoms with Crippen molar-refractivity contribution in [1.29, 1.82) is 0 Å². The van der Waals surface area contributed by atoms with Crippen LogP contribution >= 0.6 is 0 Å². The average Bonchev–Trinajstić information content (AvgIpc) is 2.86. The Morgan fingerprint density at radius 2 is 2.06 bits per heavy atom. The molecule has 1 saturated heterocycles. The van der Waals surface area contributed by atoms with E-state index in [4.69, 9.17) is 0 Å². The summed E-state index contributed by atoms with van der Waals surface area (Å²) in [5.41, 5.74) is 3.00. The van der Waals surface area contributed by atoms with Gasteiger partial charge in [-0.2, -0.15) is 0 Å². The van der Waals surface area contributed by atoms with Crippen molar-refractivity contribution in [3.63, 3.8) is 0 Å². The molecule has 0 spiro atoms. The van der Waals surface area contributed by atoms with Gasteiger partial charge in [0, 0.05) is 42.8 Å². The minimum Gasteiger partial charge on any atom is -0.813 e. The molecule has 18 heavy (non-hydrogen) atoms. The van der Waals surface area contributed by atoms with Crippen molar-refractivity contribution >= 4 is 41.8 Å². The largest absolute Gasteiger partial charge is 0.813 e. The van der Waals surface area contributed by atoms with Crippen LogP contribution in [-0.4, -0.2) is 22.4 Å². The van der Waals surface area contributed by atoms with Gasteiger partial charge in [0.05, 0.1) is 11.4 Å². The molecule has 2 heterocycles. The molecule has 1 N–H and O–H groups in total. The van der Waals surface area contributed by atoms with Gasteiger partial charge in [-0.05, 0) is 18.6 Å². The Kier molecular flexibility index (Phi) is 5.34. The molecule has 2 aliphatic rings. The van der Waals surface area contributed by atoms with E-state index in [1.807, 2.05) is 18.2 Å². The van der Waals surface area contributed by atoms with E-state index < -0.39 is 11.0 Å². The molecule has 0 aliphatic carbocycles. The second-order valence-electron chi connectivity index (χ2n) is 3.94. The maximum atomic E-state index is 11.8. The summed E-state index contributed by atoms with van der Waals surface area (Å²) in [6.45, 7) is 0.890. The van der Waals surface area contributed by atoms with Crippen LogP contribution in [0.1, 0.15) is 12.0 Å². The van der Waals surface area contributed by atoms with Crippen molar-refractivity contribution in [2.45, 2.75) is 12.8 Å². The van der Waals surface area contributed by atoms with Gasteiger partial charge in [-0.1, -0.05) is 6.07 Å². The van der Waals surface area contributed by atoms with E-state index >= 15 is 0 Å². The normalized spacial score (nSPS) is 20.8. The summed E-state index contributed by atoms with van der Waals surface area (Å²) in [7, 11) is -1.18. The maximum absolute atomic E-state index is 11.8. The number of nitrogens with zero attached hydrogens (tertiary/aromatic N) is 1. The summed E-state index contributed by atoms with van der Waals surface area (Å²) in [5, 5.41) is 3.26. The molecule has 1 unspecified atom stereocenters. The molecule has 3 rings (SSSR count). The fourth-order valence-corrected chi connectivity index (χ4v) is 3.48. The van der Waals surface area contributed by atoms with Gasteiger partial charge in [-0.15, -0.1) is 0 Å². The molecule has 7 heteroatoms. The van der Waals surface area contributed by atoms with E-state index in [1.54, 1.807) is 0 Å². The average molecular weight is 320 g/mol. The Labute approximate surface area is 127 Å². The molecule has 1 atom stereocenters. The maximum Gasteiger partial charge on any atom is 0.239 e. The molecule has 0 saturated carbocycles. The third-order valence-electron chi connectivity index (χ3n) is 2.98. The van der Waals surface area contributed by atoms with Crippen molar-refractivity contribution in [3.05, 3.63) is 23.8 Å². The predicted molar refractivity (Wildman–Crippen MR) is 72.5 cm³/mol. The van der Waals surface area contributed by atoms with Crippen LogP contribution in [-0.2, 0) is 54.3 Å². The number of nitrogens with one attached hydrogen (secondary N) is 1. The number of anilines is 2. The van der Waals surface area contributed by atoms with Gasteiger partial charge < -0.3 is 18.8 Å². The predicted octanol–water partition coefficient (Wildman–Crippen LogP) is 0.782. The summed E-state index contributed by atoms with van der Waals surface area (Å²) in [6.07, 6.45) is 1.29. The third kappa shape index (κ3) is 2.47. The Hall–Kier alpha value is -0.426. The molecule has 0 aromatic heterocycles. The van der Waals surface area contributed by atoms with E-state index in [9.17, 15) is 9.00 Å². The zero-order valence-electron chi connectivity index (χ0n) is 9.63. The number of rotatable bonds is 1. The number of benzene rings is 1. The van der Waals surface area contributed by atoms with Gasteiger partial charge in [-0.25, -0.2) is 8.51 Å². The van der Waals surface area contributed by atoms with E-state index in [2.05, 4.69) is 5.32 Å². The SMILES string of the molecule is O=C1CCS(=O)N1c1cccc2c1CCN2.[SH-].[V]. The topological polar surface area (TPSA) is 49.4 Å². The number of amides is 1. The van der Waals surface area contributed by atoms with Gasteiger partial charge in [-0.3, -0.25) is 4.79 Å². The summed E-state index contributed by atoms with van der Waals surface area (Å²) in [6, 6.07) is 5.78. The molecule has 1 fully saturated rings. The standard InChI is InChI=1S/C11H12N2O2S.H2S.V/c14-11-5-7-16(15)13(11)10-3-1-2-9-8(10)4-6-12-9;;/h1-3,12H,4-7H2;1H2;/p-1. The number of hydrogen-bond acceptors (Lipinski definition) is 4. The first-order chi connectivity index (χ1) is 7.77.